The highest BCUT2D eigenvalue weighted by molar-refractivity contribution is 5.64. The molecule has 108 valence electrons. The van der Waals surface area contributed by atoms with Crippen molar-refractivity contribution in [1.82, 2.24) is 0 Å². The van der Waals surface area contributed by atoms with Gasteiger partial charge in [-0.2, -0.15) is 5.26 Å². The zero-order valence-corrected chi connectivity index (χ0v) is 12.3. The van der Waals surface area contributed by atoms with Crippen LogP contribution in [0.4, 0.5) is 0 Å². The first kappa shape index (κ1) is 15.1. The van der Waals surface area contributed by atoms with Gasteiger partial charge in [-0.15, -0.1) is 0 Å². The predicted octanol–water partition coefficient (Wildman–Crippen LogP) is 3.76. The number of nitrogens with zero attached hydrogens (tertiary/aromatic N) is 1. The number of ether oxygens (including phenoxy) is 1. The minimum absolute atomic E-state index is 0.0224. The summed E-state index contributed by atoms with van der Waals surface area (Å²) in [7, 11) is 0. The molecule has 0 fully saturated rings. The van der Waals surface area contributed by atoms with Crippen LogP contribution in [0.2, 0.25) is 0 Å². The first-order valence-corrected chi connectivity index (χ1v) is 7.04. The fourth-order valence-electron chi connectivity index (χ4n) is 2.22. The average Bonchev–Trinajstić information content (AvgIpc) is 2.47. The van der Waals surface area contributed by atoms with Crippen LogP contribution in [0.15, 0.2) is 48.5 Å². The van der Waals surface area contributed by atoms with Crippen LogP contribution in [0, 0.1) is 11.3 Å². The Hall–Kier alpha value is -2.31. The molecule has 3 nitrogen and oxygen atoms in total. The molecule has 0 spiro atoms. The Morgan fingerprint density at radius 3 is 2.00 bits per heavy atom. The molecule has 0 saturated carbocycles. The number of aliphatic hydroxyl groups is 1. The number of aliphatic hydroxyl groups excluding tert-OH is 1. The van der Waals surface area contributed by atoms with E-state index in [0.717, 1.165) is 16.9 Å². The molecular formula is C18H19NO2. The average molecular weight is 281 g/mol. The largest absolute Gasteiger partial charge is 0.491 e. The van der Waals surface area contributed by atoms with Crippen molar-refractivity contribution in [2.45, 2.75) is 32.5 Å². The summed E-state index contributed by atoms with van der Waals surface area (Å²) in [5, 5.41) is 18.1. The standard InChI is InChI=1S/C18H19NO2/c1-13(20)11-14(2)21-18-9-7-17(8-10-18)16-5-3-15(12-19)4-6-16/h3-10,13-14,20H,11H2,1-2H3. The van der Waals surface area contributed by atoms with Crippen molar-refractivity contribution in [1.29, 1.82) is 5.26 Å². The van der Waals surface area contributed by atoms with Crippen LogP contribution in [0.1, 0.15) is 25.8 Å². The quantitative estimate of drug-likeness (QED) is 0.907. The van der Waals surface area contributed by atoms with Crippen LogP contribution in [0.5, 0.6) is 5.75 Å². The van der Waals surface area contributed by atoms with Gasteiger partial charge in [-0.25, -0.2) is 0 Å². The van der Waals surface area contributed by atoms with Gasteiger partial charge in [0.05, 0.1) is 23.8 Å². The molecule has 2 aromatic rings. The zero-order chi connectivity index (χ0) is 15.2. The van der Waals surface area contributed by atoms with E-state index in [-0.39, 0.29) is 12.2 Å². The summed E-state index contributed by atoms with van der Waals surface area (Å²) in [6.07, 6.45) is 0.223. The number of rotatable bonds is 5. The second kappa shape index (κ2) is 6.92. The third kappa shape index (κ3) is 4.34. The van der Waals surface area contributed by atoms with Gasteiger partial charge in [0.1, 0.15) is 5.75 Å². The number of nitriles is 1. The van der Waals surface area contributed by atoms with E-state index < -0.39 is 0 Å². The molecule has 0 heterocycles. The van der Waals surface area contributed by atoms with Crippen molar-refractivity contribution in [3.05, 3.63) is 54.1 Å². The van der Waals surface area contributed by atoms with E-state index in [1.807, 2.05) is 55.5 Å². The first-order chi connectivity index (χ1) is 10.1. The molecule has 2 unspecified atom stereocenters. The second-order valence-corrected chi connectivity index (χ2v) is 5.23. The lowest BCUT2D eigenvalue weighted by molar-refractivity contribution is 0.115. The highest BCUT2D eigenvalue weighted by Crippen LogP contribution is 2.23. The summed E-state index contributed by atoms with van der Waals surface area (Å²) in [6.45, 7) is 3.70. The van der Waals surface area contributed by atoms with Crippen molar-refractivity contribution in [3.63, 3.8) is 0 Å². The van der Waals surface area contributed by atoms with Crippen LogP contribution in [0.25, 0.3) is 11.1 Å². The summed E-state index contributed by atoms with van der Waals surface area (Å²) < 4.78 is 5.75. The highest BCUT2D eigenvalue weighted by Gasteiger charge is 2.08. The van der Waals surface area contributed by atoms with Gasteiger partial charge in [0.25, 0.3) is 0 Å². The van der Waals surface area contributed by atoms with Gasteiger partial charge >= 0.3 is 0 Å². The van der Waals surface area contributed by atoms with Crippen LogP contribution in [-0.4, -0.2) is 17.3 Å². The Bertz CT molecular complexity index is 609. The van der Waals surface area contributed by atoms with E-state index in [9.17, 15) is 5.11 Å². The molecule has 21 heavy (non-hydrogen) atoms. The van der Waals surface area contributed by atoms with Gasteiger partial charge in [0.2, 0.25) is 0 Å². The minimum Gasteiger partial charge on any atom is -0.491 e. The normalized spacial score (nSPS) is 13.2. The van der Waals surface area contributed by atoms with Crippen LogP contribution < -0.4 is 4.74 Å². The maximum absolute atomic E-state index is 9.33. The van der Waals surface area contributed by atoms with E-state index in [1.165, 1.54) is 0 Å². The van der Waals surface area contributed by atoms with Crippen LogP contribution in [-0.2, 0) is 0 Å². The van der Waals surface area contributed by atoms with Gasteiger partial charge in [0, 0.05) is 6.42 Å². The Morgan fingerprint density at radius 1 is 1.00 bits per heavy atom. The zero-order valence-electron chi connectivity index (χ0n) is 12.3. The molecule has 0 bridgehead atoms. The molecule has 2 aromatic carbocycles. The van der Waals surface area contributed by atoms with Crippen LogP contribution in [0.3, 0.4) is 0 Å². The fourth-order valence-corrected chi connectivity index (χ4v) is 2.22. The molecule has 1 N–H and O–H groups in total. The summed E-state index contributed by atoms with van der Waals surface area (Å²) in [5.74, 6) is 0.792. The molecule has 2 rings (SSSR count). The smallest absolute Gasteiger partial charge is 0.119 e. The predicted molar refractivity (Wildman–Crippen MR) is 83.0 cm³/mol. The Morgan fingerprint density at radius 2 is 1.52 bits per heavy atom. The first-order valence-electron chi connectivity index (χ1n) is 7.04. The summed E-state index contributed by atoms with van der Waals surface area (Å²) in [6, 6.07) is 17.4. The van der Waals surface area contributed by atoms with Crippen molar-refractivity contribution >= 4 is 0 Å². The second-order valence-electron chi connectivity index (χ2n) is 5.23. The molecule has 0 aliphatic heterocycles. The molecule has 0 amide bonds. The van der Waals surface area contributed by atoms with E-state index in [0.29, 0.717) is 12.0 Å². The summed E-state index contributed by atoms with van der Waals surface area (Å²) in [4.78, 5) is 0. The Labute approximate surface area is 125 Å². The van der Waals surface area contributed by atoms with Crippen molar-refractivity contribution in [2.24, 2.45) is 0 Å². The molecule has 0 aliphatic carbocycles. The summed E-state index contributed by atoms with van der Waals surface area (Å²) >= 11 is 0. The van der Waals surface area contributed by atoms with Gasteiger partial charge in [0.15, 0.2) is 0 Å². The molecule has 0 aliphatic rings. The number of benzene rings is 2. The monoisotopic (exact) mass is 281 g/mol. The van der Waals surface area contributed by atoms with Gasteiger partial charge in [-0.1, -0.05) is 24.3 Å². The molecule has 3 heteroatoms. The SMILES string of the molecule is CC(O)CC(C)Oc1ccc(-c2ccc(C#N)cc2)cc1. The molecule has 0 saturated heterocycles. The van der Waals surface area contributed by atoms with Gasteiger partial charge in [-0.05, 0) is 49.2 Å². The molecule has 2 atom stereocenters. The number of hydrogen-bond donors (Lipinski definition) is 1. The number of hydrogen-bond acceptors (Lipinski definition) is 3. The Balaban J connectivity index is 2.06. The van der Waals surface area contributed by atoms with E-state index >= 15 is 0 Å². The van der Waals surface area contributed by atoms with Crippen LogP contribution >= 0.6 is 0 Å². The molecule has 0 aromatic heterocycles. The van der Waals surface area contributed by atoms with E-state index in [4.69, 9.17) is 10.00 Å². The lowest BCUT2D eigenvalue weighted by Crippen LogP contribution is -2.18. The van der Waals surface area contributed by atoms with E-state index in [2.05, 4.69) is 6.07 Å². The van der Waals surface area contributed by atoms with E-state index in [1.54, 1.807) is 6.92 Å². The highest BCUT2D eigenvalue weighted by atomic mass is 16.5. The Kier molecular flexibility index (Phi) is 4.97. The topological polar surface area (TPSA) is 53.2 Å². The van der Waals surface area contributed by atoms with Crippen molar-refractivity contribution in [2.75, 3.05) is 0 Å². The maximum atomic E-state index is 9.33. The van der Waals surface area contributed by atoms with Crippen molar-refractivity contribution in [3.8, 4) is 22.9 Å². The fraction of sp³-hybridized carbons (Fsp3) is 0.278. The third-order valence-corrected chi connectivity index (χ3v) is 3.21. The van der Waals surface area contributed by atoms with Gasteiger partial charge < -0.3 is 9.84 Å². The summed E-state index contributed by atoms with van der Waals surface area (Å²) in [5.41, 5.74) is 2.80. The molecular weight excluding hydrogens is 262 g/mol. The van der Waals surface area contributed by atoms with Gasteiger partial charge in [-0.3, -0.25) is 0 Å². The molecule has 0 radical (unpaired) electrons. The van der Waals surface area contributed by atoms with Crippen molar-refractivity contribution < 1.29 is 9.84 Å². The minimum atomic E-state index is -0.363. The third-order valence-electron chi connectivity index (χ3n) is 3.21. The maximum Gasteiger partial charge on any atom is 0.119 e. The lowest BCUT2D eigenvalue weighted by atomic mass is 10.0. The lowest BCUT2D eigenvalue weighted by Gasteiger charge is -2.16.